The van der Waals surface area contributed by atoms with Gasteiger partial charge >= 0.3 is 0 Å². The van der Waals surface area contributed by atoms with E-state index in [2.05, 4.69) is 32.1 Å². The quantitative estimate of drug-likeness (QED) is 0.623. The average Bonchev–Trinajstić information content (AvgIpc) is 3.24. The number of pyridine rings is 2. The largest absolute Gasteiger partial charge is 0.361 e. The number of hydrogen-bond donors (Lipinski definition) is 1. The monoisotopic (exact) mass is 393 g/mol. The lowest BCUT2D eigenvalue weighted by Crippen LogP contribution is -2.40. The Morgan fingerprint density at radius 3 is 2.86 bits per heavy atom. The maximum Gasteiger partial charge on any atom is 0.142 e. The van der Waals surface area contributed by atoms with Crippen molar-refractivity contribution >= 4 is 34.9 Å². The Hall–Kier alpha value is -2.80. The Kier molecular flexibility index (Phi) is 5.62. The van der Waals surface area contributed by atoms with Crippen LogP contribution in [0.2, 0.25) is 0 Å². The second-order valence-electron chi connectivity index (χ2n) is 6.81. The van der Waals surface area contributed by atoms with Crippen molar-refractivity contribution in [3.63, 3.8) is 0 Å². The molecule has 7 heteroatoms. The highest BCUT2D eigenvalue weighted by Crippen LogP contribution is 2.27. The van der Waals surface area contributed by atoms with Gasteiger partial charge in [-0.3, -0.25) is 0 Å². The van der Waals surface area contributed by atoms with Crippen LogP contribution in [-0.2, 0) is 11.2 Å². The zero-order chi connectivity index (χ0) is 19.3. The summed E-state index contributed by atoms with van der Waals surface area (Å²) in [6, 6.07) is 9.75. The Morgan fingerprint density at radius 1 is 1.18 bits per heavy atom. The summed E-state index contributed by atoms with van der Waals surface area (Å²) >= 11 is 1.67. The highest BCUT2D eigenvalue weighted by Gasteiger charge is 2.22. The predicted molar refractivity (Wildman–Crippen MR) is 113 cm³/mol. The second kappa shape index (κ2) is 8.48. The van der Waals surface area contributed by atoms with Crippen LogP contribution in [0.1, 0.15) is 31.1 Å². The summed E-state index contributed by atoms with van der Waals surface area (Å²) in [5, 5.41) is 4.18. The number of nitrogens with zero attached hydrogens (tertiary/aromatic N) is 4. The molecule has 0 spiro atoms. The van der Waals surface area contributed by atoms with E-state index in [0.717, 1.165) is 66.5 Å². The van der Waals surface area contributed by atoms with Gasteiger partial charge in [0.2, 0.25) is 0 Å². The summed E-state index contributed by atoms with van der Waals surface area (Å²) in [5.74, 6) is 1.45. The van der Waals surface area contributed by atoms with Crippen LogP contribution in [0.3, 0.4) is 0 Å². The summed E-state index contributed by atoms with van der Waals surface area (Å²) in [6.45, 7) is 3.02. The van der Waals surface area contributed by atoms with E-state index in [4.69, 9.17) is 0 Å². The first kappa shape index (κ1) is 18.6. The molecule has 4 heterocycles. The van der Waals surface area contributed by atoms with E-state index in [-0.39, 0.29) is 6.04 Å². The third-order valence-corrected chi connectivity index (χ3v) is 6.08. The number of anilines is 3. The normalized spacial score (nSPS) is 16.8. The molecule has 1 fully saturated rings. The number of thiazole rings is 1. The lowest BCUT2D eigenvalue weighted by Gasteiger charge is -2.34. The van der Waals surface area contributed by atoms with E-state index in [0.29, 0.717) is 0 Å². The van der Waals surface area contributed by atoms with Gasteiger partial charge < -0.3 is 15.0 Å². The van der Waals surface area contributed by atoms with Crippen molar-refractivity contribution in [3.8, 4) is 10.7 Å². The minimum atomic E-state index is -0.0426. The van der Waals surface area contributed by atoms with E-state index < -0.39 is 0 Å². The Morgan fingerprint density at radius 2 is 2.11 bits per heavy atom. The van der Waals surface area contributed by atoms with Gasteiger partial charge in [0.25, 0.3) is 0 Å². The molecular weight excluding hydrogens is 370 g/mol. The molecule has 1 aliphatic heterocycles. The molecule has 144 valence electrons. The number of aromatic nitrogens is 3. The molecule has 0 aromatic carbocycles. The van der Waals surface area contributed by atoms with Crippen LogP contribution in [0, 0.1) is 0 Å². The molecule has 1 atom stereocenters. The van der Waals surface area contributed by atoms with Crippen LogP contribution < -0.4 is 10.2 Å². The third-order valence-electron chi connectivity index (χ3n) is 4.91. The van der Waals surface area contributed by atoms with Gasteiger partial charge in [-0.15, -0.1) is 11.3 Å². The molecule has 4 rings (SSSR count). The molecule has 0 radical (unpaired) electrons. The van der Waals surface area contributed by atoms with E-state index >= 15 is 0 Å². The molecule has 1 N–H and O–H groups in total. The van der Waals surface area contributed by atoms with Gasteiger partial charge in [-0.25, -0.2) is 15.0 Å². The SMILES string of the molecule is CCc1cnc(-c2cccc(Nc3ccc(N4CCCCC4C=O)cn3)n2)s1. The van der Waals surface area contributed by atoms with Crippen molar-refractivity contribution in [2.45, 2.75) is 38.6 Å². The number of carbonyl (C=O) groups excluding carboxylic acids is 1. The Labute approximate surface area is 168 Å². The van der Waals surface area contributed by atoms with Gasteiger partial charge in [0.15, 0.2) is 0 Å². The fourth-order valence-corrected chi connectivity index (χ4v) is 4.22. The molecule has 6 nitrogen and oxygen atoms in total. The fourth-order valence-electron chi connectivity index (χ4n) is 3.39. The first-order chi connectivity index (χ1) is 13.8. The molecule has 3 aromatic heterocycles. The van der Waals surface area contributed by atoms with Gasteiger partial charge in [0.1, 0.15) is 28.6 Å². The maximum atomic E-state index is 11.3. The van der Waals surface area contributed by atoms with Crippen LogP contribution in [0.4, 0.5) is 17.3 Å². The molecule has 3 aromatic rings. The zero-order valence-electron chi connectivity index (χ0n) is 15.8. The van der Waals surface area contributed by atoms with Crippen molar-refractivity contribution in [2.24, 2.45) is 0 Å². The molecule has 0 aliphatic carbocycles. The number of hydrogen-bond acceptors (Lipinski definition) is 7. The minimum Gasteiger partial charge on any atom is -0.361 e. The number of rotatable bonds is 6. The van der Waals surface area contributed by atoms with Gasteiger partial charge in [0, 0.05) is 17.6 Å². The molecule has 28 heavy (non-hydrogen) atoms. The summed E-state index contributed by atoms with van der Waals surface area (Å²) in [7, 11) is 0. The highest BCUT2D eigenvalue weighted by molar-refractivity contribution is 7.15. The van der Waals surface area contributed by atoms with Crippen LogP contribution in [0.25, 0.3) is 10.7 Å². The number of carbonyl (C=O) groups is 1. The van der Waals surface area contributed by atoms with Crippen molar-refractivity contribution in [1.29, 1.82) is 0 Å². The summed E-state index contributed by atoms with van der Waals surface area (Å²) < 4.78 is 0. The second-order valence-corrected chi connectivity index (χ2v) is 7.93. The van der Waals surface area contributed by atoms with Gasteiger partial charge in [-0.1, -0.05) is 13.0 Å². The summed E-state index contributed by atoms with van der Waals surface area (Å²) in [4.78, 5) is 28.4. The van der Waals surface area contributed by atoms with Crippen LogP contribution >= 0.6 is 11.3 Å². The lowest BCUT2D eigenvalue weighted by atomic mass is 10.0. The maximum absolute atomic E-state index is 11.3. The fraction of sp³-hybridized carbons (Fsp3) is 0.333. The first-order valence-corrected chi connectivity index (χ1v) is 10.5. The van der Waals surface area contributed by atoms with Gasteiger partial charge in [-0.2, -0.15) is 0 Å². The van der Waals surface area contributed by atoms with Gasteiger partial charge in [0.05, 0.1) is 17.9 Å². The van der Waals surface area contributed by atoms with Crippen molar-refractivity contribution in [3.05, 3.63) is 47.6 Å². The van der Waals surface area contributed by atoms with Gasteiger partial charge in [-0.05, 0) is 49.9 Å². The average molecular weight is 394 g/mol. The molecule has 0 bridgehead atoms. The summed E-state index contributed by atoms with van der Waals surface area (Å²) in [6.07, 6.45) is 8.89. The number of nitrogens with one attached hydrogen (secondary N) is 1. The van der Waals surface area contributed by atoms with Crippen LogP contribution in [0.5, 0.6) is 0 Å². The standard InChI is InChI=1S/C21H23N5OS/c1-2-17-13-23-21(28-17)18-7-5-8-20(24-18)25-19-10-9-15(12-22-19)26-11-4-3-6-16(26)14-27/h5,7-10,12-14,16H,2-4,6,11H2,1H3,(H,22,24,25). The Bertz CT molecular complexity index is 940. The third kappa shape index (κ3) is 4.04. The van der Waals surface area contributed by atoms with Crippen molar-refractivity contribution in [1.82, 2.24) is 15.0 Å². The molecule has 0 saturated carbocycles. The predicted octanol–water partition coefficient (Wildman–Crippen LogP) is 4.46. The lowest BCUT2D eigenvalue weighted by molar-refractivity contribution is -0.109. The number of piperidine rings is 1. The molecular formula is C21H23N5OS. The van der Waals surface area contributed by atoms with E-state index in [9.17, 15) is 4.79 Å². The van der Waals surface area contributed by atoms with Crippen LogP contribution in [0.15, 0.2) is 42.7 Å². The summed E-state index contributed by atoms with van der Waals surface area (Å²) in [5.41, 5.74) is 1.84. The molecule has 0 amide bonds. The van der Waals surface area contributed by atoms with Crippen LogP contribution in [-0.4, -0.2) is 33.8 Å². The molecule has 1 saturated heterocycles. The Balaban J connectivity index is 1.48. The van der Waals surface area contributed by atoms with E-state index in [1.54, 1.807) is 11.3 Å². The highest BCUT2D eigenvalue weighted by atomic mass is 32.1. The molecule has 1 unspecified atom stereocenters. The smallest absolute Gasteiger partial charge is 0.142 e. The molecule has 1 aliphatic rings. The number of aryl methyl sites for hydroxylation is 1. The van der Waals surface area contributed by atoms with Crippen molar-refractivity contribution in [2.75, 3.05) is 16.8 Å². The van der Waals surface area contributed by atoms with E-state index in [1.165, 1.54) is 4.88 Å². The first-order valence-electron chi connectivity index (χ1n) is 9.64. The minimum absolute atomic E-state index is 0.0426. The van der Waals surface area contributed by atoms with Crippen molar-refractivity contribution < 1.29 is 4.79 Å². The topological polar surface area (TPSA) is 71.0 Å². The van der Waals surface area contributed by atoms with E-state index in [1.807, 2.05) is 42.7 Å². The number of aldehydes is 1. The zero-order valence-corrected chi connectivity index (χ0v) is 16.7.